The molecule has 4 heteroatoms. The van der Waals surface area contributed by atoms with E-state index in [9.17, 15) is 4.79 Å². The van der Waals surface area contributed by atoms with Crippen LogP contribution in [0, 0.1) is 0 Å². The third-order valence-corrected chi connectivity index (χ3v) is 3.97. The van der Waals surface area contributed by atoms with Crippen LogP contribution in [0.1, 0.15) is 34.5 Å². The summed E-state index contributed by atoms with van der Waals surface area (Å²) in [5.74, 6) is 0.801. The highest BCUT2D eigenvalue weighted by Crippen LogP contribution is 2.42. The van der Waals surface area contributed by atoms with E-state index in [-0.39, 0.29) is 10.4 Å². The van der Waals surface area contributed by atoms with Gasteiger partial charge in [-0.2, -0.15) is 0 Å². The van der Waals surface area contributed by atoms with Gasteiger partial charge in [-0.15, -0.1) is 0 Å². The van der Waals surface area contributed by atoms with Crippen LogP contribution in [-0.4, -0.2) is 37.3 Å². The second-order valence-electron chi connectivity index (χ2n) is 4.75. The first-order chi connectivity index (χ1) is 8.61. The molecule has 0 spiro atoms. The van der Waals surface area contributed by atoms with Crippen LogP contribution >= 0.6 is 11.8 Å². The summed E-state index contributed by atoms with van der Waals surface area (Å²) in [7, 11) is 4.06. The summed E-state index contributed by atoms with van der Waals surface area (Å²) in [6, 6.07) is 5.89. The Hall–Kier alpha value is -1.00. The third kappa shape index (κ3) is 2.87. The van der Waals surface area contributed by atoms with E-state index in [1.54, 1.807) is 0 Å². The Bertz CT molecular complexity index is 445. The van der Waals surface area contributed by atoms with Gasteiger partial charge in [0.2, 0.25) is 5.12 Å². The van der Waals surface area contributed by atoms with Crippen molar-refractivity contribution in [2.24, 2.45) is 0 Å². The maximum absolute atomic E-state index is 12.0. The van der Waals surface area contributed by atoms with E-state index in [4.69, 9.17) is 4.74 Å². The van der Waals surface area contributed by atoms with Crippen LogP contribution in [-0.2, 0) is 0 Å². The van der Waals surface area contributed by atoms with Gasteiger partial charge in [0.05, 0.1) is 11.9 Å². The Kier molecular flexibility index (Phi) is 4.30. The van der Waals surface area contributed by atoms with Gasteiger partial charge in [0.25, 0.3) is 0 Å². The van der Waals surface area contributed by atoms with Crippen LogP contribution in [0.5, 0.6) is 5.75 Å². The molecule has 1 heterocycles. The second-order valence-corrected chi connectivity index (χ2v) is 5.93. The molecule has 3 nitrogen and oxygen atoms in total. The minimum Gasteiger partial charge on any atom is -0.494 e. The van der Waals surface area contributed by atoms with Crippen LogP contribution in [0.2, 0.25) is 0 Å². The zero-order chi connectivity index (χ0) is 13.1. The Morgan fingerprint density at radius 2 is 2.17 bits per heavy atom. The van der Waals surface area contributed by atoms with Crippen molar-refractivity contribution in [2.45, 2.75) is 18.6 Å². The second kappa shape index (κ2) is 5.76. The number of rotatable bonds is 5. The molecule has 0 amide bonds. The Morgan fingerprint density at radius 1 is 1.39 bits per heavy atom. The van der Waals surface area contributed by atoms with Gasteiger partial charge in [-0.25, -0.2) is 0 Å². The SMILES string of the molecule is CCCOc1ccc2c(c1)C(=O)SC2CN(C)C. The van der Waals surface area contributed by atoms with Crippen LogP contribution in [0.15, 0.2) is 18.2 Å². The van der Waals surface area contributed by atoms with E-state index < -0.39 is 0 Å². The lowest BCUT2D eigenvalue weighted by atomic mass is 10.0. The number of carbonyl (C=O) groups is 1. The number of benzene rings is 1. The van der Waals surface area contributed by atoms with E-state index in [1.165, 1.54) is 11.8 Å². The maximum atomic E-state index is 12.0. The average molecular weight is 265 g/mol. The highest BCUT2D eigenvalue weighted by molar-refractivity contribution is 8.14. The number of nitrogens with zero attached hydrogens (tertiary/aromatic N) is 1. The molecular weight excluding hydrogens is 246 g/mol. The molecule has 0 radical (unpaired) electrons. The molecule has 0 aliphatic carbocycles. The molecule has 18 heavy (non-hydrogen) atoms. The quantitative estimate of drug-likeness (QED) is 0.818. The molecule has 0 aromatic heterocycles. The van der Waals surface area contributed by atoms with Crippen molar-refractivity contribution in [3.63, 3.8) is 0 Å². The summed E-state index contributed by atoms with van der Waals surface area (Å²) in [4.78, 5) is 14.1. The topological polar surface area (TPSA) is 29.5 Å². The van der Waals surface area contributed by atoms with Gasteiger partial charge in [0, 0.05) is 12.1 Å². The number of likely N-dealkylation sites (N-methyl/N-ethyl adjacent to an activating group) is 1. The van der Waals surface area contributed by atoms with E-state index in [1.807, 2.05) is 32.3 Å². The molecule has 98 valence electrons. The highest BCUT2D eigenvalue weighted by atomic mass is 32.2. The third-order valence-electron chi connectivity index (χ3n) is 2.84. The summed E-state index contributed by atoms with van der Waals surface area (Å²) in [6.45, 7) is 3.65. The highest BCUT2D eigenvalue weighted by Gasteiger charge is 2.30. The monoisotopic (exact) mass is 265 g/mol. The minimum atomic E-state index is 0.166. The Morgan fingerprint density at radius 3 is 2.83 bits per heavy atom. The molecule has 2 rings (SSSR count). The number of thioether (sulfide) groups is 1. The van der Waals surface area contributed by atoms with Gasteiger partial charge >= 0.3 is 0 Å². The summed E-state index contributed by atoms with van der Waals surface area (Å²) in [5, 5.41) is 0.418. The molecule has 0 bridgehead atoms. The van der Waals surface area contributed by atoms with E-state index in [2.05, 4.69) is 11.8 Å². The van der Waals surface area contributed by atoms with Crippen molar-refractivity contribution < 1.29 is 9.53 Å². The van der Waals surface area contributed by atoms with E-state index in [0.717, 1.165) is 29.8 Å². The summed E-state index contributed by atoms with van der Waals surface area (Å²) < 4.78 is 5.57. The molecule has 0 fully saturated rings. The van der Waals surface area contributed by atoms with Crippen molar-refractivity contribution >= 4 is 16.9 Å². The number of fused-ring (bicyclic) bond motifs is 1. The number of carbonyl (C=O) groups excluding carboxylic acids is 1. The van der Waals surface area contributed by atoms with E-state index in [0.29, 0.717) is 6.61 Å². The van der Waals surface area contributed by atoms with Crippen molar-refractivity contribution in [3.8, 4) is 5.75 Å². The molecule has 1 aliphatic rings. The fourth-order valence-corrected chi connectivity index (χ4v) is 3.29. The molecule has 1 unspecified atom stereocenters. The number of ether oxygens (including phenoxy) is 1. The van der Waals surface area contributed by atoms with Gasteiger partial charge in [0.15, 0.2) is 0 Å². The number of hydrogen-bond donors (Lipinski definition) is 0. The zero-order valence-corrected chi connectivity index (χ0v) is 11.9. The molecular formula is C14H19NO2S. The smallest absolute Gasteiger partial charge is 0.220 e. The largest absolute Gasteiger partial charge is 0.494 e. The fourth-order valence-electron chi connectivity index (χ4n) is 2.03. The Balaban J connectivity index is 2.20. The summed E-state index contributed by atoms with van der Waals surface area (Å²) >= 11 is 1.42. The standard InChI is InChI=1S/C14H19NO2S/c1-4-7-17-10-5-6-11-12(8-10)14(16)18-13(11)9-15(2)3/h5-6,8,13H,4,7,9H2,1-3H3. The summed E-state index contributed by atoms with van der Waals surface area (Å²) in [6.07, 6.45) is 0.975. The molecule has 1 atom stereocenters. The van der Waals surface area contributed by atoms with Crippen molar-refractivity contribution in [1.82, 2.24) is 4.90 Å². The fraction of sp³-hybridized carbons (Fsp3) is 0.500. The molecule has 0 saturated heterocycles. The van der Waals surface area contributed by atoms with E-state index >= 15 is 0 Å². The van der Waals surface area contributed by atoms with Gasteiger partial charge < -0.3 is 9.64 Å². The minimum absolute atomic E-state index is 0.166. The van der Waals surface area contributed by atoms with Gasteiger partial charge in [-0.3, -0.25) is 4.79 Å². The molecule has 0 saturated carbocycles. The van der Waals surface area contributed by atoms with Crippen LogP contribution < -0.4 is 4.74 Å². The van der Waals surface area contributed by atoms with Gasteiger partial charge in [-0.05, 0) is 38.2 Å². The maximum Gasteiger partial charge on any atom is 0.220 e. The first-order valence-corrected chi connectivity index (χ1v) is 7.12. The molecule has 1 aliphatic heterocycles. The van der Waals surface area contributed by atoms with Crippen LogP contribution in [0.4, 0.5) is 0 Å². The van der Waals surface area contributed by atoms with Crippen molar-refractivity contribution in [3.05, 3.63) is 29.3 Å². The predicted octanol–water partition coefficient (Wildman–Crippen LogP) is 2.97. The van der Waals surface area contributed by atoms with Crippen molar-refractivity contribution in [1.29, 1.82) is 0 Å². The zero-order valence-electron chi connectivity index (χ0n) is 11.1. The van der Waals surface area contributed by atoms with Crippen LogP contribution in [0.3, 0.4) is 0 Å². The number of hydrogen-bond acceptors (Lipinski definition) is 4. The lowest BCUT2D eigenvalue weighted by Gasteiger charge is -2.15. The average Bonchev–Trinajstić information content (AvgIpc) is 2.63. The Labute approximate surface area is 113 Å². The first-order valence-electron chi connectivity index (χ1n) is 6.24. The molecule has 1 aromatic rings. The lowest BCUT2D eigenvalue weighted by Crippen LogP contribution is -2.17. The van der Waals surface area contributed by atoms with Gasteiger partial charge in [0.1, 0.15) is 5.75 Å². The predicted molar refractivity (Wildman–Crippen MR) is 75.4 cm³/mol. The van der Waals surface area contributed by atoms with Crippen molar-refractivity contribution in [2.75, 3.05) is 27.2 Å². The van der Waals surface area contributed by atoms with Gasteiger partial charge in [-0.1, -0.05) is 24.8 Å². The van der Waals surface area contributed by atoms with Crippen LogP contribution in [0.25, 0.3) is 0 Å². The first kappa shape index (κ1) is 13.4. The summed E-state index contributed by atoms with van der Waals surface area (Å²) in [5.41, 5.74) is 1.96. The lowest BCUT2D eigenvalue weighted by molar-refractivity contribution is 0.109. The normalized spacial score (nSPS) is 18.2. The molecule has 0 N–H and O–H groups in total. The molecule has 1 aromatic carbocycles.